The van der Waals surface area contributed by atoms with Gasteiger partial charge in [-0.2, -0.15) is 0 Å². The zero-order valence-corrected chi connectivity index (χ0v) is 14.6. The van der Waals surface area contributed by atoms with Crippen LogP contribution in [-0.4, -0.2) is 42.1 Å². The lowest BCUT2D eigenvalue weighted by Gasteiger charge is -2.27. The third-order valence-corrected chi connectivity index (χ3v) is 4.46. The van der Waals surface area contributed by atoms with E-state index in [0.717, 1.165) is 6.29 Å². The van der Waals surface area contributed by atoms with Crippen molar-refractivity contribution in [2.75, 3.05) is 6.61 Å². The molecular weight excluding hydrogens is 324 g/mol. The average molecular weight is 348 g/mol. The molecule has 3 atom stereocenters. The number of hydrogen-bond donors (Lipinski definition) is 1. The van der Waals surface area contributed by atoms with E-state index in [1.807, 2.05) is 0 Å². The Morgan fingerprint density at radius 1 is 1.52 bits per heavy atom. The van der Waals surface area contributed by atoms with Crippen LogP contribution in [0.2, 0.25) is 0 Å². The van der Waals surface area contributed by atoms with E-state index in [-0.39, 0.29) is 24.5 Å². The minimum atomic E-state index is -0.732. The Balaban J connectivity index is 2.43. The second-order valence-corrected chi connectivity index (χ2v) is 6.67. The Hall–Kier alpha value is -2.21. The Morgan fingerprint density at radius 3 is 2.84 bits per heavy atom. The Kier molecular flexibility index (Phi) is 6.31. The molecule has 0 aromatic heterocycles. The van der Waals surface area contributed by atoms with E-state index in [0.29, 0.717) is 24.0 Å². The molecule has 0 radical (unpaired) electrons. The van der Waals surface area contributed by atoms with Gasteiger partial charge in [-0.05, 0) is 30.1 Å². The molecule has 0 aromatic carbocycles. The van der Waals surface area contributed by atoms with Gasteiger partial charge in [0.05, 0.1) is 18.4 Å². The molecule has 136 valence electrons. The number of fused-ring (bicyclic) bond motifs is 1. The van der Waals surface area contributed by atoms with Gasteiger partial charge in [-0.25, -0.2) is 4.79 Å². The molecule has 3 unspecified atom stereocenters. The van der Waals surface area contributed by atoms with Crippen molar-refractivity contribution < 1.29 is 29.0 Å². The third-order valence-electron chi connectivity index (χ3n) is 4.46. The van der Waals surface area contributed by atoms with E-state index >= 15 is 0 Å². The molecule has 2 rings (SSSR count). The molecule has 0 saturated carbocycles. The van der Waals surface area contributed by atoms with Crippen LogP contribution in [0.5, 0.6) is 0 Å². The number of carbonyl (C=O) groups is 3. The maximum Gasteiger partial charge on any atom is 0.334 e. The largest absolute Gasteiger partial charge is 0.461 e. The van der Waals surface area contributed by atoms with Gasteiger partial charge in [-0.1, -0.05) is 26.5 Å². The number of aliphatic hydroxyl groups excluding tert-OH is 1. The summed E-state index contributed by atoms with van der Waals surface area (Å²) in [4.78, 5) is 35.5. The SMILES string of the molecule is C=C1C(=O)OC2C=C(CO)CCC=C(C=O)CC(OC(=O)C(C)C)C12. The van der Waals surface area contributed by atoms with Gasteiger partial charge < -0.3 is 14.6 Å². The molecule has 2 aliphatic rings. The van der Waals surface area contributed by atoms with E-state index in [2.05, 4.69) is 6.58 Å². The van der Waals surface area contributed by atoms with E-state index < -0.39 is 30.1 Å². The molecule has 0 aromatic rings. The number of allylic oxidation sites excluding steroid dienone is 1. The van der Waals surface area contributed by atoms with Gasteiger partial charge in [0, 0.05) is 12.0 Å². The molecule has 6 heteroatoms. The fourth-order valence-electron chi connectivity index (χ4n) is 3.01. The standard InChI is InChI=1S/C19H24O6/c1-11(2)18(22)24-15-7-13(9-20)5-4-6-14(10-21)8-16-17(15)12(3)19(23)25-16/h5,8-9,11,15-17,21H,3-4,6-7,10H2,1-2H3. The fraction of sp³-hybridized carbons (Fsp3) is 0.526. The zero-order valence-electron chi connectivity index (χ0n) is 14.6. The highest BCUT2D eigenvalue weighted by molar-refractivity contribution is 5.91. The van der Waals surface area contributed by atoms with E-state index in [1.165, 1.54) is 0 Å². The van der Waals surface area contributed by atoms with Crippen LogP contribution in [0, 0.1) is 11.8 Å². The summed E-state index contributed by atoms with van der Waals surface area (Å²) in [6, 6.07) is 0. The number of ether oxygens (including phenoxy) is 2. The number of rotatable bonds is 4. The lowest BCUT2D eigenvalue weighted by Crippen LogP contribution is -2.34. The van der Waals surface area contributed by atoms with E-state index in [1.54, 1.807) is 26.0 Å². The first-order chi connectivity index (χ1) is 11.9. The van der Waals surface area contributed by atoms with Crippen LogP contribution in [0.25, 0.3) is 0 Å². The molecule has 1 saturated heterocycles. The molecule has 0 spiro atoms. The highest BCUT2D eigenvalue weighted by Gasteiger charge is 2.44. The maximum absolute atomic E-state index is 12.1. The second-order valence-electron chi connectivity index (χ2n) is 6.67. The lowest BCUT2D eigenvalue weighted by molar-refractivity contribution is -0.155. The van der Waals surface area contributed by atoms with Crippen LogP contribution in [0.15, 0.2) is 35.5 Å². The number of aliphatic hydroxyl groups is 1. The summed E-state index contributed by atoms with van der Waals surface area (Å²) in [7, 11) is 0. The smallest absolute Gasteiger partial charge is 0.334 e. The number of hydrogen-bond acceptors (Lipinski definition) is 6. The van der Waals surface area contributed by atoms with Crippen LogP contribution < -0.4 is 0 Å². The van der Waals surface area contributed by atoms with E-state index in [4.69, 9.17) is 9.47 Å². The van der Waals surface area contributed by atoms with Crippen LogP contribution in [-0.2, 0) is 23.9 Å². The van der Waals surface area contributed by atoms with Crippen LogP contribution in [0.1, 0.15) is 33.1 Å². The first-order valence-electron chi connectivity index (χ1n) is 8.42. The highest BCUT2D eigenvalue weighted by atomic mass is 16.6. The van der Waals surface area contributed by atoms with Crippen molar-refractivity contribution in [2.24, 2.45) is 11.8 Å². The van der Waals surface area contributed by atoms with Gasteiger partial charge in [-0.15, -0.1) is 0 Å². The molecule has 25 heavy (non-hydrogen) atoms. The highest BCUT2D eigenvalue weighted by Crippen LogP contribution is 2.36. The molecule has 1 heterocycles. The predicted molar refractivity (Wildman–Crippen MR) is 90.4 cm³/mol. The van der Waals surface area contributed by atoms with Crippen molar-refractivity contribution in [1.29, 1.82) is 0 Å². The average Bonchev–Trinajstić information content (AvgIpc) is 2.85. The minimum Gasteiger partial charge on any atom is -0.461 e. The number of carbonyl (C=O) groups excluding carboxylic acids is 3. The summed E-state index contributed by atoms with van der Waals surface area (Å²) in [5.41, 5.74) is 1.41. The van der Waals surface area contributed by atoms with Crippen molar-refractivity contribution in [3.05, 3.63) is 35.5 Å². The molecular formula is C19H24O6. The molecule has 0 bridgehead atoms. The fourth-order valence-corrected chi connectivity index (χ4v) is 3.01. The van der Waals surface area contributed by atoms with Crippen molar-refractivity contribution in [2.45, 2.75) is 45.3 Å². The summed E-state index contributed by atoms with van der Waals surface area (Å²) >= 11 is 0. The Bertz CT molecular complexity index is 628. The molecule has 6 nitrogen and oxygen atoms in total. The topological polar surface area (TPSA) is 89.9 Å². The first-order valence-corrected chi connectivity index (χ1v) is 8.42. The van der Waals surface area contributed by atoms with Crippen LogP contribution in [0.4, 0.5) is 0 Å². The van der Waals surface area contributed by atoms with Gasteiger partial charge in [0.1, 0.15) is 18.5 Å². The van der Waals surface area contributed by atoms with Crippen LogP contribution >= 0.6 is 0 Å². The van der Waals surface area contributed by atoms with Crippen molar-refractivity contribution >= 4 is 18.2 Å². The number of esters is 2. The summed E-state index contributed by atoms with van der Waals surface area (Å²) < 4.78 is 11.0. The maximum atomic E-state index is 12.1. The summed E-state index contributed by atoms with van der Waals surface area (Å²) in [5.74, 6) is -1.89. The minimum absolute atomic E-state index is 0.173. The number of aldehydes is 1. The van der Waals surface area contributed by atoms with Crippen molar-refractivity contribution in [3.8, 4) is 0 Å². The molecule has 1 aliphatic carbocycles. The quantitative estimate of drug-likeness (QED) is 0.361. The third kappa shape index (κ3) is 4.45. The van der Waals surface area contributed by atoms with Gasteiger partial charge in [0.25, 0.3) is 0 Å². The van der Waals surface area contributed by atoms with Crippen molar-refractivity contribution in [3.63, 3.8) is 0 Å². The summed E-state index contributed by atoms with van der Waals surface area (Å²) in [5, 5.41) is 9.52. The van der Waals surface area contributed by atoms with Crippen LogP contribution in [0.3, 0.4) is 0 Å². The Morgan fingerprint density at radius 2 is 2.24 bits per heavy atom. The van der Waals surface area contributed by atoms with Gasteiger partial charge in [-0.3, -0.25) is 9.59 Å². The zero-order chi connectivity index (χ0) is 18.6. The Labute approximate surface area is 147 Å². The molecule has 0 amide bonds. The second kappa shape index (κ2) is 8.25. The summed E-state index contributed by atoms with van der Waals surface area (Å²) in [6.45, 7) is 7.04. The molecule has 1 fully saturated rings. The van der Waals surface area contributed by atoms with E-state index in [9.17, 15) is 19.5 Å². The van der Waals surface area contributed by atoms with Gasteiger partial charge in [0.2, 0.25) is 0 Å². The van der Waals surface area contributed by atoms with Gasteiger partial charge in [0.15, 0.2) is 0 Å². The van der Waals surface area contributed by atoms with Crippen molar-refractivity contribution in [1.82, 2.24) is 0 Å². The lowest BCUT2D eigenvalue weighted by atomic mass is 9.85. The monoisotopic (exact) mass is 348 g/mol. The van der Waals surface area contributed by atoms with Gasteiger partial charge >= 0.3 is 11.9 Å². The normalized spacial score (nSPS) is 27.1. The molecule has 1 N–H and O–H groups in total. The predicted octanol–water partition coefficient (Wildman–Crippen LogP) is 1.88. The summed E-state index contributed by atoms with van der Waals surface area (Å²) in [6.07, 6.45) is 4.12. The first kappa shape index (κ1) is 19.1. The molecule has 1 aliphatic heterocycles.